The fourth-order valence-electron chi connectivity index (χ4n) is 18.3. The first-order chi connectivity index (χ1) is 67.0. The van der Waals surface area contributed by atoms with E-state index in [-0.39, 0.29) is 0 Å². The molecule has 0 aliphatic carbocycles. The molecule has 5 amide bonds. The summed E-state index contributed by atoms with van der Waals surface area (Å²) < 4.78 is 126. The first-order valence-electron chi connectivity index (χ1n) is 45.1. The third-order valence-electron chi connectivity index (χ3n) is 25.9. The molecular formula is C79H131N5O58. The van der Waals surface area contributed by atoms with E-state index >= 15 is 0 Å². The third-order valence-corrected chi connectivity index (χ3v) is 25.9. The Kier molecular flexibility index (Phi) is 41.7. The number of carbonyl (C=O) groups excluding carboxylic acids is 5. The number of aliphatic hydroxyl groups excluding tert-OH is 30. The van der Waals surface area contributed by atoms with Crippen LogP contribution < -0.4 is 26.6 Å². The highest BCUT2D eigenvalue weighted by Crippen LogP contribution is 2.44. The van der Waals surface area contributed by atoms with Crippen molar-refractivity contribution in [2.75, 3.05) is 66.1 Å². The number of amides is 5. The number of rotatable bonds is 38. The SMILES string of the molecule is CC(=O)N[C@@H]1[C@@H](O)[C@H](O[C@@H]2O[C@H](CO)[C@@H](O[C@@H]3O[C@H](CO[C@H]4O[C@H](CO)[C@@H](O)[C@H](O)[C@@H]4O[C@@H]4O[C@H](CO)[C@@H](O)[C@H](O[C@@H]5O[C@H](CO)[C@H](O)[C@H](O[C@]6(C(=O)O)C[C@H](O)[C@@H](O)[C@H]([C@H](O)[C@H](O)CO)O6)[C@H]5O)[C@H]4NC(C)=O)[C@@H](O)[C@H](O[C@H]4O[C@H](CO)[C@@H](O)[C@H](O)[C@@H]4O[C@@H]4O[C@H](CO)[C@@H](O[C@@H]5O[C@H](CO)[C@H](O)[C@H](O)[C@H]5NC(C)=O)[C@H](O)[C@H]4NC(C)=O)[C@@H]3O)[C@H](O)[C@H]2NC(C)=O)[C@@H](CO[C@@H]2O[C@@H](C)[C@@H](O)[C@@H](O)[C@@H]2O)O[C@H]1O. The second-order valence-corrected chi connectivity index (χ2v) is 36.0. The summed E-state index contributed by atoms with van der Waals surface area (Å²) in [7, 11) is 0. The monoisotopic (exact) mass is 2080 g/mol. The second kappa shape index (κ2) is 50.6. The smallest absolute Gasteiger partial charge is 0.364 e. The van der Waals surface area contributed by atoms with Crippen LogP contribution >= 0.6 is 0 Å². The summed E-state index contributed by atoms with van der Waals surface area (Å²) in [6, 6.07) is -9.82. The molecule has 11 heterocycles. The number of carbonyl (C=O) groups is 6. The van der Waals surface area contributed by atoms with E-state index in [4.69, 9.17) is 99.5 Å². The van der Waals surface area contributed by atoms with Crippen LogP contribution in [0.15, 0.2) is 0 Å². The van der Waals surface area contributed by atoms with Gasteiger partial charge >= 0.3 is 5.97 Å². The lowest BCUT2D eigenvalue weighted by Crippen LogP contribution is -2.71. The summed E-state index contributed by atoms with van der Waals surface area (Å²) in [5.41, 5.74) is 0. The van der Waals surface area contributed by atoms with Gasteiger partial charge in [-0.2, -0.15) is 0 Å². The number of aliphatic carboxylic acids is 1. The zero-order valence-electron chi connectivity index (χ0n) is 76.4. The molecule has 0 aromatic rings. The van der Waals surface area contributed by atoms with Crippen LogP contribution in [0.25, 0.3) is 0 Å². The van der Waals surface area contributed by atoms with Crippen molar-refractivity contribution in [3.05, 3.63) is 0 Å². The Hall–Kier alpha value is -5.22. The molecule has 63 heteroatoms. The van der Waals surface area contributed by atoms with Gasteiger partial charge in [0.2, 0.25) is 29.5 Å². The maximum atomic E-state index is 13.4. The van der Waals surface area contributed by atoms with E-state index in [0.717, 1.165) is 34.6 Å². The van der Waals surface area contributed by atoms with Gasteiger partial charge in [0.25, 0.3) is 5.79 Å². The van der Waals surface area contributed by atoms with Gasteiger partial charge in [-0.1, -0.05) is 0 Å². The van der Waals surface area contributed by atoms with E-state index in [1.807, 2.05) is 0 Å². The van der Waals surface area contributed by atoms with Gasteiger partial charge in [0.05, 0.1) is 78.3 Å². The number of ether oxygens (including phenoxy) is 21. The molecule has 0 radical (unpaired) electrons. The molecule has 11 aliphatic rings. The zero-order chi connectivity index (χ0) is 105. The number of nitrogens with one attached hydrogen (secondary N) is 5. The number of hydrogen-bond donors (Lipinski definition) is 36. The molecule has 63 nitrogen and oxygen atoms in total. The van der Waals surface area contributed by atoms with E-state index in [0.29, 0.717) is 0 Å². The van der Waals surface area contributed by atoms with Gasteiger partial charge in [-0.05, 0) is 6.92 Å². The zero-order valence-corrected chi connectivity index (χ0v) is 76.4. The summed E-state index contributed by atoms with van der Waals surface area (Å²) >= 11 is 0. The molecule has 820 valence electrons. The topological polar surface area (TPSA) is 984 Å². The van der Waals surface area contributed by atoms with Gasteiger partial charge in [0.15, 0.2) is 62.9 Å². The maximum absolute atomic E-state index is 13.4. The van der Waals surface area contributed by atoms with Gasteiger partial charge in [-0.25, -0.2) is 4.79 Å². The summed E-state index contributed by atoms with van der Waals surface area (Å²) in [6.07, 6.45) is -112. The molecule has 0 saturated carbocycles. The lowest BCUT2D eigenvalue weighted by atomic mass is 9.90. The van der Waals surface area contributed by atoms with E-state index in [1.165, 1.54) is 6.92 Å². The van der Waals surface area contributed by atoms with Crippen molar-refractivity contribution in [3.63, 3.8) is 0 Å². The van der Waals surface area contributed by atoms with Crippen molar-refractivity contribution >= 4 is 35.5 Å². The fourth-order valence-corrected chi connectivity index (χ4v) is 18.3. The molecule has 0 aromatic carbocycles. The average molecular weight is 2080 g/mol. The molecule has 11 rings (SSSR count). The van der Waals surface area contributed by atoms with Gasteiger partial charge in [-0.3, -0.25) is 24.0 Å². The van der Waals surface area contributed by atoms with Crippen LogP contribution in [0.3, 0.4) is 0 Å². The van der Waals surface area contributed by atoms with Crippen LogP contribution in [0.2, 0.25) is 0 Å². The van der Waals surface area contributed by atoms with Crippen LogP contribution in [0, 0.1) is 0 Å². The Morgan fingerprint density at radius 1 is 0.303 bits per heavy atom. The largest absolute Gasteiger partial charge is 0.477 e. The molecule has 56 atom stereocenters. The first kappa shape index (κ1) is 117. The van der Waals surface area contributed by atoms with E-state index < -0.39 is 451 Å². The minimum Gasteiger partial charge on any atom is -0.477 e. The van der Waals surface area contributed by atoms with Crippen molar-refractivity contribution < 1.29 is 287 Å². The molecule has 142 heavy (non-hydrogen) atoms. The van der Waals surface area contributed by atoms with E-state index in [9.17, 15) is 187 Å². The number of carboxylic acids is 1. The Balaban J connectivity index is 0.936. The predicted molar refractivity (Wildman–Crippen MR) is 436 cm³/mol. The third kappa shape index (κ3) is 25.8. The highest BCUT2D eigenvalue weighted by atomic mass is 16.8. The van der Waals surface area contributed by atoms with Crippen molar-refractivity contribution in [1.82, 2.24) is 26.6 Å². The summed E-state index contributed by atoms with van der Waals surface area (Å²) in [6.45, 7) is -6.19. The fraction of sp³-hybridized carbons (Fsp3) is 0.924. The Morgan fingerprint density at radius 2 is 0.641 bits per heavy atom. The minimum atomic E-state index is -3.37. The molecule has 36 N–H and O–H groups in total. The van der Waals surface area contributed by atoms with Crippen molar-refractivity contribution in [2.24, 2.45) is 0 Å². The first-order valence-corrected chi connectivity index (χ1v) is 45.1. The second-order valence-electron chi connectivity index (χ2n) is 36.0. The molecule has 11 fully saturated rings. The Bertz CT molecular complexity index is 4010. The molecular weight excluding hydrogens is 1950 g/mol. The van der Waals surface area contributed by atoms with Crippen molar-refractivity contribution in [1.29, 1.82) is 0 Å². The lowest BCUT2D eigenvalue weighted by Gasteiger charge is -2.51. The quantitative estimate of drug-likeness (QED) is 0.0273. The summed E-state index contributed by atoms with van der Waals surface area (Å²) in [4.78, 5) is 78.3. The molecule has 11 saturated heterocycles. The van der Waals surface area contributed by atoms with Gasteiger partial charge in [-0.15, -0.1) is 0 Å². The average Bonchev–Trinajstić information content (AvgIpc) is 0.755. The molecule has 0 spiro atoms. The summed E-state index contributed by atoms with van der Waals surface area (Å²) in [5, 5.41) is 361. The molecule has 11 aliphatic heterocycles. The van der Waals surface area contributed by atoms with Crippen LogP contribution in [0.1, 0.15) is 48.0 Å². The normalized spacial score (nSPS) is 48.0. The maximum Gasteiger partial charge on any atom is 0.364 e. The van der Waals surface area contributed by atoms with Crippen LogP contribution in [0.5, 0.6) is 0 Å². The molecule has 0 bridgehead atoms. The van der Waals surface area contributed by atoms with Crippen LogP contribution in [-0.4, -0.2) is 603 Å². The van der Waals surface area contributed by atoms with E-state index in [1.54, 1.807) is 0 Å². The number of carboxylic acid groups (broad SMARTS) is 1. The van der Waals surface area contributed by atoms with Gasteiger partial charge in [0, 0.05) is 41.0 Å². The summed E-state index contributed by atoms with van der Waals surface area (Å²) in [5.74, 6) is -10.4. The molecule has 0 aromatic heterocycles. The highest BCUT2D eigenvalue weighted by Gasteiger charge is 2.65. The Morgan fingerprint density at radius 3 is 1.11 bits per heavy atom. The van der Waals surface area contributed by atoms with Crippen molar-refractivity contribution in [3.8, 4) is 0 Å². The van der Waals surface area contributed by atoms with E-state index in [2.05, 4.69) is 26.6 Å². The van der Waals surface area contributed by atoms with Gasteiger partial charge in [0.1, 0.15) is 262 Å². The van der Waals surface area contributed by atoms with Gasteiger partial charge < -0.3 is 284 Å². The Labute approximate surface area is 803 Å². The van der Waals surface area contributed by atoms with Crippen molar-refractivity contribution in [2.45, 2.75) is 391 Å². The van der Waals surface area contributed by atoms with Crippen LogP contribution in [-0.2, 0) is 128 Å². The van der Waals surface area contributed by atoms with Crippen LogP contribution in [0.4, 0.5) is 0 Å². The lowest BCUT2D eigenvalue weighted by molar-refractivity contribution is -0.399. The number of hydrogen-bond acceptors (Lipinski definition) is 57. The molecule has 0 unspecified atom stereocenters. The number of aliphatic hydroxyl groups is 30. The minimum absolute atomic E-state index is 0.843. The predicted octanol–water partition coefficient (Wildman–Crippen LogP) is -24.0. The highest BCUT2D eigenvalue weighted by molar-refractivity contribution is 5.76. The standard InChI is InChI=1S/C79H131N5O58/c1-18-40(100)53(113)56(116)73(124-18)122-17-34-61(50(110)35(68(119)125-34)80-19(2)93)135-70-37(82-21(4)95)52(112)60(32(15-92)131-70)136-74-57(117)63(138-77-67(55(115)45(105)28(11-88)130-77)140-71-38(83-22(5)96)51(111)59(31(14-91)132-71)134-69-36(81-20(3)94)49(109)43(103)26(9-86)126-69)48(108)33(133-74)16-123-76-66(54(114)44(104)27(10-87)129-76)139-72-39(84-23(6)97)62(46(106)29(12-89)127-72)137-75-58(118)65(47(107)30(13-90)128-75)142-79(78(120)121)7-24(98)41(101)64(141-79)42(102)25(99)8-85/h18,24-77,85-92,98-119H,7-17H2,1-6H3,(H,80,93)(H,81,94)(H,82,95)(H,83,96)(H,84,97)(H,120,121)/t18-,24-,25+,26+,27+,28+,29+,30+,31+,32+,33+,34+,35+,36+,37+,38+,39+,40+,41+,42+,43-,44+,45+,46+,47-,48+,49+,50+,51+,52+,53+,54-,55-,56-,57-,58+,59+,60+,61+,62+,63-,64+,65-,66-,67-,68+,69-,70-,71-,72-,73+,74-,75-,76-,77+,79-/m0/s1.